The highest BCUT2D eigenvalue weighted by molar-refractivity contribution is 6.31. The van der Waals surface area contributed by atoms with Crippen LogP contribution in [0.2, 0.25) is 5.02 Å². The van der Waals surface area contributed by atoms with Gasteiger partial charge in [-0.25, -0.2) is 0 Å². The Balaban J connectivity index is 2.95. The normalized spacial score (nSPS) is 12.9. The Morgan fingerprint density at radius 1 is 1.54 bits per heavy atom. The average Bonchev–Trinajstić information content (AvgIpc) is 2.13. The molecular weight excluding hydrogens is 184 g/mol. The Kier molecular flexibility index (Phi) is 3.72. The van der Waals surface area contributed by atoms with Crippen molar-refractivity contribution in [2.75, 3.05) is 13.6 Å². The molecule has 0 saturated carbocycles. The number of nitrogens with two attached hydrogens (primary N) is 1. The highest BCUT2D eigenvalue weighted by Gasteiger charge is 2.07. The Hall–Kier alpha value is -0.570. The third kappa shape index (κ3) is 2.44. The second-order valence-electron chi connectivity index (χ2n) is 3.09. The summed E-state index contributed by atoms with van der Waals surface area (Å²) in [7, 11) is 1.89. The molecule has 2 nitrogen and oxygen atoms in total. The maximum atomic E-state index is 6.00. The molecule has 0 fully saturated rings. The molecular formula is C10H15ClN2. The van der Waals surface area contributed by atoms with Crippen molar-refractivity contribution in [1.82, 2.24) is 5.32 Å². The van der Waals surface area contributed by atoms with Gasteiger partial charge in [-0.05, 0) is 31.2 Å². The van der Waals surface area contributed by atoms with E-state index >= 15 is 0 Å². The summed E-state index contributed by atoms with van der Waals surface area (Å²) >= 11 is 6.00. The Morgan fingerprint density at radius 3 is 2.69 bits per heavy atom. The van der Waals surface area contributed by atoms with E-state index in [-0.39, 0.29) is 6.04 Å². The van der Waals surface area contributed by atoms with Crippen LogP contribution >= 0.6 is 11.6 Å². The fourth-order valence-corrected chi connectivity index (χ4v) is 1.44. The third-order valence-electron chi connectivity index (χ3n) is 2.18. The van der Waals surface area contributed by atoms with Gasteiger partial charge >= 0.3 is 0 Å². The standard InChI is InChI=1S/C10H15ClN2/c1-7-3-4-8(5-9(7)11)10(6-12)13-2/h3-5,10,13H,6,12H2,1-2H3. The van der Waals surface area contributed by atoms with E-state index in [0.29, 0.717) is 6.54 Å². The van der Waals surface area contributed by atoms with Crippen molar-refractivity contribution in [2.24, 2.45) is 5.73 Å². The van der Waals surface area contributed by atoms with Crippen molar-refractivity contribution < 1.29 is 0 Å². The van der Waals surface area contributed by atoms with E-state index in [1.807, 2.05) is 26.1 Å². The average molecular weight is 199 g/mol. The van der Waals surface area contributed by atoms with Crippen LogP contribution in [0.3, 0.4) is 0 Å². The topological polar surface area (TPSA) is 38.0 Å². The highest BCUT2D eigenvalue weighted by atomic mass is 35.5. The zero-order chi connectivity index (χ0) is 9.84. The molecule has 0 radical (unpaired) electrons. The lowest BCUT2D eigenvalue weighted by Gasteiger charge is -2.14. The minimum absolute atomic E-state index is 0.193. The van der Waals surface area contributed by atoms with Gasteiger partial charge in [0, 0.05) is 17.6 Å². The van der Waals surface area contributed by atoms with E-state index in [2.05, 4.69) is 11.4 Å². The summed E-state index contributed by atoms with van der Waals surface area (Å²) < 4.78 is 0. The minimum Gasteiger partial charge on any atom is -0.329 e. The van der Waals surface area contributed by atoms with Crippen LogP contribution in [-0.4, -0.2) is 13.6 Å². The summed E-state index contributed by atoms with van der Waals surface area (Å²) in [5.74, 6) is 0. The molecule has 1 unspecified atom stereocenters. The summed E-state index contributed by atoms with van der Waals surface area (Å²) in [6.07, 6.45) is 0. The van der Waals surface area contributed by atoms with Crippen molar-refractivity contribution in [1.29, 1.82) is 0 Å². The van der Waals surface area contributed by atoms with Crippen LogP contribution in [0.25, 0.3) is 0 Å². The van der Waals surface area contributed by atoms with E-state index in [1.54, 1.807) is 0 Å². The zero-order valence-electron chi connectivity index (χ0n) is 7.97. The van der Waals surface area contributed by atoms with Gasteiger partial charge in [0.1, 0.15) is 0 Å². The molecule has 0 saturated heterocycles. The lowest BCUT2D eigenvalue weighted by atomic mass is 10.1. The second-order valence-corrected chi connectivity index (χ2v) is 3.49. The van der Waals surface area contributed by atoms with Crippen LogP contribution in [0.1, 0.15) is 17.2 Å². The van der Waals surface area contributed by atoms with Gasteiger partial charge in [0.15, 0.2) is 0 Å². The Bertz CT molecular complexity index is 282. The van der Waals surface area contributed by atoms with E-state index in [4.69, 9.17) is 17.3 Å². The second kappa shape index (κ2) is 4.61. The van der Waals surface area contributed by atoms with Gasteiger partial charge < -0.3 is 11.1 Å². The van der Waals surface area contributed by atoms with Crippen molar-refractivity contribution in [3.63, 3.8) is 0 Å². The predicted octanol–water partition coefficient (Wildman–Crippen LogP) is 1.87. The molecule has 0 heterocycles. The maximum absolute atomic E-state index is 6.00. The summed E-state index contributed by atoms with van der Waals surface area (Å²) in [5.41, 5.74) is 7.83. The molecule has 1 aromatic carbocycles. The van der Waals surface area contributed by atoms with Gasteiger partial charge in [-0.3, -0.25) is 0 Å². The molecule has 1 rings (SSSR count). The van der Waals surface area contributed by atoms with Crippen molar-refractivity contribution in [2.45, 2.75) is 13.0 Å². The first-order chi connectivity index (χ1) is 6.19. The quantitative estimate of drug-likeness (QED) is 0.779. The van der Waals surface area contributed by atoms with Gasteiger partial charge in [-0.2, -0.15) is 0 Å². The highest BCUT2D eigenvalue weighted by Crippen LogP contribution is 2.20. The number of likely N-dealkylation sites (N-methyl/N-ethyl adjacent to an activating group) is 1. The molecule has 3 N–H and O–H groups in total. The van der Waals surface area contributed by atoms with E-state index < -0.39 is 0 Å². The fraction of sp³-hybridized carbons (Fsp3) is 0.400. The first kappa shape index (κ1) is 10.5. The molecule has 0 amide bonds. The van der Waals surface area contributed by atoms with Crippen LogP contribution in [-0.2, 0) is 0 Å². The number of rotatable bonds is 3. The molecule has 0 spiro atoms. The summed E-state index contributed by atoms with van der Waals surface area (Å²) in [6.45, 7) is 2.57. The van der Waals surface area contributed by atoms with Crippen LogP contribution in [0.5, 0.6) is 0 Å². The van der Waals surface area contributed by atoms with Crippen LogP contribution in [0.15, 0.2) is 18.2 Å². The molecule has 3 heteroatoms. The number of benzene rings is 1. The molecule has 13 heavy (non-hydrogen) atoms. The lowest BCUT2D eigenvalue weighted by molar-refractivity contribution is 0.605. The largest absolute Gasteiger partial charge is 0.329 e. The van der Waals surface area contributed by atoms with Gasteiger partial charge in [0.25, 0.3) is 0 Å². The number of halogens is 1. The number of hydrogen-bond acceptors (Lipinski definition) is 2. The van der Waals surface area contributed by atoms with Crippen LogP contribution < -0.4 is 11.1 Å². The van der Waals surface area contributed by atoms with Crippen molar-refractivity contribution >= 4 is 11.6 Å². The van der Waals surface area contributed by atoms with Gasteiger partial charge in [0.05, 0.1) is 0 Å². The van der Waals surface area contributed by atoms with Gasteiger partial charge in [-0.1, -0.05) is 23.7 Å². The molecule has 0 aromatic heterocycles. The smallest absolute Gasteiger partial charge is 0.0442 e. The molecule has 1 aromatic rings. The predicted molar refractivity (Wildman–Crippen MR) is 57.0 cm³/mol. The van der Waals surface area contributed by atoms with Gasteiger partial charge in [-0.15, -0.1) is 0 Å². The summed E-state index contributed by atoms with van der Waals surface area (Å²) in [6, 6.07) is 6.22. The molecule has 0 aliphatic carbocycles. The Morgan fingerprint density at radius 2 is 2.23 bits per heavy atom. The molecule has 1 atom stereocenters. The molecule has 0 bridgehead atoms. The van der Waals surface area contributed by atoms with Crippen molar-refractivity contribution in [3.8, 4) is 0 Å². The monoisotopic (exact) mass is 198 g/mol. The molecule has 0 aliphatic rings. The number of hydrogen-bond donors (Lipinski definition) is 2. The summed E-state index contributed by atoms with van der Waals surface area (Å²) in [5, 5.41) is 3.93. The molecule has 0 aliphatic heterocycles. The maximum Gasteiger partial charge on any atom is 0.0442 e. The molecule has 72 valence electrons. The first-order valence-corrected chi connectivity index (χ1v) is 4.70. The first-order valence-electron chi connectivity index (χ1n) is 4.32. The number of aryl methyl sites for hydroxylation is 1. The SMILES string of the molecule is CNC(CN)c1ccc(C)c(Cl)c1. The minimum atomic E-state index is 0.193. The Labute approximate surface area is 84.1 Å². The lowest BCUT2D eigenvalue weighted by Crippen LogP contribution is -2.24. The van der Waals surface area contributed by atoms with Crippen LogP contribution in [0.4, 0.5) is 0 Å². The fourth-order valence-electron chi connectivity index (χ4n) is 1.25. The zero-order valence-corrected chi connectivity index (χ0v) is 8.73. The van der Waals surface area contributed by atoms with E-state index in [0.717, 1.165) is 16.1 Å². The van der Waals surface area contributed by atoms with Gasteiger partial charge in [0.2, 0.25) is 0 Å². The number of nitrogens with one attached hydrogen (secondary N) is 1. The summed E-state index contributed by atoms with van der Waals surface area (Å²) in [4.78, 5) is 0. The van der Waals surface area contributed by atoms with Crippen molar-refractivity contribution in [3.05, 3.63) is 34.3 Å². The van der Waals surface area contributed by atoms with Crippen LogP contribution in [0, 0.1) is 6.92 Å². The van der Waals surface area contributed by atoms with E-state index in [1.165, 1.54) is 0 Å². The van der Waals surface area contributed by atoms with E-state index in [9.17, 15) is 0 Å². The third-order valence-corrected chi connectivity index (χ3v) is 2.59.